The highest BCUT2D eigenvalue weighted by Gasteiger charge is 2.21. The highest BCUT2D eigenvalue weighted by Crippen LogP contribution is 2.09. The summed E-state index contributed by atoms with van der Waals surface area (Å²) in [5.74, 6) is 0.301. The van der Waals surface area contributed by atoms with E-state index in [1.165, 1.54) is 6.26 Å². The van der Waals surface area contributed by atoms with E-state index >= 15 is 0 Å². The summed E-state index contributed by atoms with van der Waals surface area (Å²) in [4.78, 5) is 4.75. The van der Waals surface area contributed by atoms with Crippen LogP contribution in [0.2, 0.25) is 0 Å². The maximum Gasteiger partial charge on any atom is 0.147 e. The van der Waals surface area contributed by atoms with Gasteiger partial charge in [0.15, 0.2) is 0 Å². The molecule has 1 saturated heterocycles. The molecule has 1 atom stereocenters. The summed E-state index contributed by atoms with van der Waals surface area (Å²) >= 11 is 0. The second-order valence-corrected chi connectivity index (χ2v) is 7.72. The molecule has 114 valence electrons. The average molecular weight is 292 g/mol. The SMILES string of the molecule is CCC(CO)N1CCN(CCCCS(C)(=O)=O)CC1. The Hall–Kier alpha value is -0.170. The minimum atomic E-state index is -2.81. The zero-order chi connectivity index (χ0) is 14.3. The number of unbranched alkanes of at least 4 members (excludes halogenated alkanes) is 1. The number of hydrogen-bond acceptors (Lipinski definition) is 5. The molecule has 6 heteroatoms. The third-order valence-electron chi connectivity index (χ3n) is 3.84. The number of sulfone groups is 1. The summed E-state index contributed by atoms with van der Waals surface area (Å²) in [5.41, 5.74) is 0. The Labute approximate surface area is 117 Å². The van der Waals surface area contributed by atoms with Crippen LogP contribution in [-0.2, 0) is 9.84 Å². The van der Waals surface area contributed by atoms with Crippen molar-refractivity contribution < 1.29 is 13.5 Å². The number of rotatable bonds is 8. The third kappa shape index (κ3) is 6.70. The molecule has 0 radical (unpaired) electrons. The predicted octanol–water partition coefficient (Wildman–Crippen LogP) is 0.200. The lowest BCUT2D eigenvalue weighted by atomic mass is 10.1. The highest BCUT2D eigenvalue weighted by molar-refractivity contribution is 7.90. The minimum Gasteiger partial charge on any atom is -0.395 e. The molecule has 1 aliphatic rings. The zero-order valence-electron chi connectivity index (χ0n) is 12.2. The van der Waals surface area contributed by atoms with E-state index in [-0.39, 0.29) is 6.61 Å². The first-order valence-electron chi connectivity index (χ1n) is 7.21. The van der Waals surface area contributed by atoms with Crippen LogP contribution in [0, 0.1) is 0 Å². The molecule has 1 heterocycles. The number of aliphatic hydroxyl groups excluding tert-OH is 1. The van der Waals surface area contributed by atoms with Crippen molar-refractivity contribution >= 4 is 9.84 Å². The lowest BCUT2D eigenvalue weighted by Gasteiger charge is -2.38. The molecule has 0 saturated carbocycles. The van der Waals surface area contributed by atoms with Crippen LogP contribution in [0.4, 0.5) is 0 Å². The maximum atomic E-state index is 11.0. The Balaban J connectivity index is 2.16. The summed E-state index contributed by atoms with van der Waals surface area (Å²) in [5, 5.41) is 9.28. The van der Waals surface area contributed by atoms with Crippen molar-refractivity contribution in [3.63, 3.8) is 0 Å². The predicted molar refractivity (Wildman–Crippen MR) is 78.1 cm³/mol. The molecule has 0 aromatic rings. The second kappa shape index (κ2) is 8.19. The van der Waals surface area contributed by atoms with Gasteiger partial charge in [-0.2, -0.15) is 0 Å². The fourth-order valence-corrected chi connectivity index (χ4v) is 3.28. The molecule has 1 unspecified atom stereocenters. The summed E-state index contributed by atoms with van der Waals surface area (Å²) in [6, 6.07) is 0.299. The van der Waals surface area contributed by atoms with Gasteiger partial charge in [-0.15, -0.1) is 0 Å². The summed E-state index contributed by atoms with van der Waals surface area (Å²) in [6.45, 7) is 7.39. The van der Waals surface area contributed by atoms with Gasteiger partial charge in [0, 0.05) is 44.2 Å². The van der Waals surface area contributed by atoms with E-state index in [9.17, 15) is 13.5 Å². The van der Waals surface area contributed by atoms with Crippen molar-refractivity contribution in [2.75, 3.05) is 51.3 Å². The zero-order valence-corrected chi connectivity index (χ0v) is 13.0. The fourth-order valence-electron chi connectivity index (χ4n) is 2.55. The first-order chi connectivity index (χ1) is 8.96. The summed E-state index contributed by atoms with van der Waals surface area (Å²) in [7, 11) is -2.81. The molecule has 1 N–H and O–H groups in total. The normalized spacial score (nSPS) is 20.6. The van der Waals surface area contributed by atoms with Crippen LogP contribution >= 0.6 is 0 Å². The van der Waals surface area contributed by atoms with Gasteiger partial charge in [-0.3, -0.25) is 4.90 Å². The fraction of sp³-hybridized carbons (Fsp3) is 1.00. The Kier molecular flexibility index (Phi) is 7.28. The molecule has 0 aromatic carbocycles. The molecule has 0 aliphatic carbocycles. The van der Waals surface area contributed by atoms with Gasteiger partial charge in [-0.25, -0.2) is 8.42 Å². The molecular weight excluding hydrogens is 264 g/mol. The largest absolute Gasteiger partial charge is 0.395 e. The van der Waals surface area contributed by atoms with Crippen LogP contribution in [0.15, 0.2) is 0 Å². The first kappa shape index (κ1) is 16.9. The van der Waals surface area contributed by atoms with Crippen molar-refractivity contribution in [1.82, 2.24) is 9.80 Å². The van der Waals surface area contributed by atoms with E-state index in [0.29, 0.717) is 11.8 Å². The van der Waals surface area contributed by atoms with Crippen molar-refractivity contribution in [3.05, 3.63) is 0 Å². The van der Waals surface area contributed by atoms with Gasteiger partial charge in [0.1, 0.15) is 9.84 Å². The van der Waals surface area contributed by atoms with Gasteiger partial charge in [-0.05, 0) is 25.8 Å². The Morgan fingerprint density at radius 3 is 2.26 bits per heavy atom. The van der Waals surface area contributed by atoms with Crippen LogP contribution in [0.1, 0.15) is 26.2 Å². The van der Waals surface area contributed by atoms with Crippen molar-refractivity contribution in [3.8, 4) is 0 Å². The molecule has 1 aliphatic heterocycles. The minimum absolute atomic E-state index is 0.241. The van der Waals surface area contributed by atoms with Crippen LogP contribution in [0.3, 0.4) is 0 Å². The molecule has 1 fully saturated rings. The monoisotopic (exact) mass is 292 g/mol. The van der Waals surface area contributed by atoms with Gasteiger partial charge in [0.2, 0.25) is 0 Å². The quantitative estimate of drug-likeness (QED) is 0.648. The standard InChI is InChI=1S/C13H28N2O3S/c1-3-13(12-16)15-9-7-14(8-10-15)6-4-5-11-19(2,17)18/h13,16H,3-12H2,1-2H3. The third-order valence-corrected chi connectivity index (χ3v) is 4.88. The van der Waals surface area contributed by atoms with E-state index in [2.05, 4.69) is 16.7 Å². The number of nitrogens with zero attached hydrogens (tertiary/aromatic N) is 2. The summed E-state index contributed by atoms with van der Waals surface area (Å²) < 4.78 is 22.0. The van der Waals surface area contributed by atoms with Crippen molar-refractivity contribution in [2.24, 2.45) is 0 Å². The van der Waals surface area contributed by atoms with Crippen molar-refractivity contribution in [1.29, 1.82) is 0 Å². The molecule has 5 nitrogen and oxygen atoms in total. The van der Waals surface area contributed by atoms with Gasteiger partial charge in [-0.1, -0.05) is 6.92 Å². The number of aliphatic hydroxyl groups is 1. The average Bonchev–Trinajstić information content (AvgIpc) is 2.37. The van der Waals surface area contributed by atoms with Crippen LogP contribution in [0.25, 0.3) is 0 Å². The van der Waals surface area contributed by atoms with Gasteiger partial charge in [0.05, 0.1) is 6.61 Å². The Bertz CT molecular complexity index is 334. The first-order valence-corrected chi connectivity index (χ1v) is 9.27. The maximum absolute atomic E-state index is 11.0. The molecule has 1 rings (SSSR count). The second-order valence-electron chi connectivity index (χ2n) is 5.46. The Morgan fingerprint density at radius 1 is 1.16 bits per heavy atom. The van der Waals surface area contributed by atoms with Gasteiger partial charge < -0.3 is 10.0 Å². The van der Waals surface area contributed by atoms with Crippen LogP contribution in [0.5, 0.6) is 0 Å². The molecule has 0 spiro atoms. The van der Waals surface area contributed by atoms with E-state index in [4.69, 9.17) is 0 Å². The van der Waals surface area contributed by atoms with Crippen LogP contribution < -0.4 is 0 Å². The number of hydrogen-bond donors (Lipinski definition) is 1. The molecular formula is C13H28N2O3S. The van der Waals surface area contributed by atoms with Crippen molar-refractivity contribution in [2.45, 2.75) is 32.2 Å². The lowest BCUT2D eigenvalue weighted by Crippen LogP contribution is -2.51. The summed E-state index contributed by atoms with van der Waals surface area (Å²) in [6.07, 6.45) is 3.99. The highest BCUT2D eigenvalue weighted by atomic mass is 32.2. The van der Waals surface area contributed by atoms with E-state index < -0.39 is 9.84 Å². The number of piperazine rings is 1. The van der Waals surface area contributed by atoms with Gasteiger partial charge >= 0.3 is 0 Å². The van der Waals surface area contributed by atoms with E-state index in [1.54, 1.807) is 0 Å². The smallest absolute Gasteiger partial charge is 0.147 e. The van der Waals surface area contributed by atoms with E-state index in [0.717, 1.165) is 52.0 Å². The molecule has 19 heavy (non-hydrogen) atoms. The molecule has 0 amide bonds. The van der Waals surface area contributed by atoms with E-state index in [1.807, 2.05) is 0 Å². The van der Waals surface area contributed by atoms with Gasteiger partial charge in [0.25, 0.3) is 0 Å². The lowest BCUT2D eigenvalue weighted by molar-refractivity contribution is 0.0632. The molecule has 0 aromatic heterocycles. The Morgan fingerprint density at radius 2 is 1.79 bits per heavy atom. The topological polar surface area (TPSA) is 60.9 Å². The van der Waals surface area contributed by atoms with Crippen LogP contribution in [-0.4, -0.2) is 80.7 Å². The molecule has 0 bridgehead atoms.